The normalized spacial score (nSPS) is 12.0. The summed E-state index contributed by atoms with van der Waals surface area (Å²) in [6.45, 7) is 6.85. The molecule has 0 bridgehead atoms. The maximum atomic E-state index is 12.3. The highest BCUT2D eigenvalue weighted by atomic mass is 16.2. The van der Waals surface area contributed by atoms with Crippen molar-refractivity contribution in [2.45, 2.75) is 39.7 Å². The average molecular weight is 369 g/mol. The van der Waals surface area contributed by atoms with Crippen LogP contribution in [0.4, 0.5) is 5.69 Å². The van der Waals surface area contributed by atoms with Crippen molar-refractivity contribution in [2.24, 2.45) is 11.7 Å². The van der Waals surface area contributed by atoms with Gasteiger partial charge in [-0.2, -0.15) is 0 Å². The molecule has 2 rings (SSSR count). The lowest BCUT2D eigenvalue weighted by molar-refractivity contribution is -0.692. The van der Waals surface area contributed by atoms with Crippen molar-refractivity contribution < 1.29 is 14.9 Å². The second-order valence-electron chi connectivity index (χ2n) is 7.19. The summed E-state index contributed by atoms with van der Waals surface area (Å²) in [6, 6.07) is 15.5. The van der Waals surface area contributed by atoms with E-state index in [9.17, 15) is 9.59 Å². The van der Waals surface area contributed by atoms with Crippen molar-refractivity contribution in [3.63, 3.8) is 0 Å². The number of amides is 2. The van der Waals surface area contributed by atoms with E-state index in [2.05, 4.69) is 55.7 Å². The summed E-state index contributed by atoms with van der Waals surface area (Å²) in [6.07, 6.45) is 2.23. The molecule has 0 fully saturated rings. The summed E-state index contributed by atoms with van der Waals surface area (Å²) in [4.78, 5) is 23.4. The number of hydrogen-bond acceptors (Lipinski definition) is 2. The van der Waals surface area contributed by atoms with E-state index in [1.165, 1.54) is 11.1 Å². The van der Waals surface area contributed by atoms with E-state index >= 15 is 0 Å². The molecule has 2 aromatic carbocycles. The number of carbonyl (C=O) groups is 2. The first-order valence-corrected chi connectivity index (χ1v) is 9.52. The molecule has 0 aliphatic heterocycles. The van der Waals surface area contributed by atoms with Crippen LogP contribution in [0.2, 0.25) is 0 Å². The Balaban J connectivity index is 1.94. The van der Waals surface area contributed by atoms with Crippen molar-refractivity contribution in [1.82, 2.24) is 0 Å². The molecule has 0 aromatic heterocycles. The minimum absolute atomic E-state index is 0.0740. The molecule has 27 heavy (non-hydrogen) atoms. The molecular formula is C22H30N3O2+. The van der Waals surface area contributed by atoms with Crippen LogP contribution in [-0.2, 0) is 11.2 Å². The van der Waals surface area contributed by atoms with Crippen LogP contribution < -0.4 is 16.4 Å². The number of hydrogen-bond donors (Lipinski definition) is 3. The number of quaternary nitrogens is 1. The Hall–Kier alpha value is -2.66. The maximum absolute atomic E-state index is 12.3. The van der Waals surface area contributed by atoms with Crippen LogP contribution in [0, 0.1) is 5.92 Å². The molecule has 0 unspecified atom stereocenters. The fraction of sp³-hybridized carbons (Fsp3) is 0.364. The number of nitrogens with two attached hydrogens (primary N) is 2. The highest BCUT2D eigenvalue weighted by Crippen LogP contribution is 2.18. The largest absolute Gasteiger partial charge is 0.366 e. The second kappa shape index (κ2) is 9.88. The first kappa shape index (κ1) is 20.6. The van der Waals surface area contributed by atoms with Gasteiger partial charge in [0, 0.05) is 22.7 Å². The zero-order valence-electron chi connectivity index (χ0n) is 16.4. The van der Waals surface area contributed by atoms with Crippen molar-refractivity contribution in [3.8, 4) is 0 Å². The molecule has 0 heterocycles. The van der Waals surface area contributed by atoms with Gasteiger partial charge < -0.3 is 16.4 Å². The molecule has 0 saturated carbocycles. The molecule has 5 heteroatoms. The van der Waals surface area contributed by atoms with E-state index in [-0.39, 0.29) is 11.9 Å². The maximum Gasteiger partial charge on any atom is 0.279 e. The van der Waals surface area contributed by atoms with Crippen molar-refractivity contribution in [1.29, 1.82) is 0 Å². The first-order chi connectivity index (χ1) is 12.9. The van der Waals surface area contributed by atoms with Crippen molar-refractivity contribution in [3.05, 3.63) is 65.2 Å². The Morgan fingerprint density at radius 1 is 1.04 bits per heavy atom. The van der Waals surface area contributed by atoms with Gasteiger partial charge in [0.1, 0.15) is 6.04 Å². The van der Waals surface area contributed by atoms with Gasteiger partial charge >= 0.3 is 0 Å². The molecule has 0 aliphatic rings. The van der Waals surface area contributed by atoms with Crippen LogP contribution in [0.15, 0.2) is 48.5 Å². The molecule has 0 saturated heterocycles. The van der Waals surface area contributed by atoms with Crippen LogP contribution >= 0.6 is 0 Å². The molecular weight excluding hydrogens is 338 g/mol. The highest BCUT2D eigenvalue weighted by molar-refractivity contribution is 5.95. The third-order valence-electron chi connectivity index (χ3n) is 4.63. The minimum atomic E-state index is -0.481. The number of primary amides is 1. The molecule has 0 spiro atoms. The second-order valence-corrected chi connectivity index (χ2v) is 7.19. The highest BCUT2D eigenvalue weighted by Gasteiger charge is 2.20. The topological polar surface area (TPSA) is 88.8 Å². The molecule has 0 radical (unpaired) electrons. The SMILES string of the molecule is CCCc1ccc([C@@H]([NH2+]CC(=O)Nc2ccc(C(N)=O)cc2)C(C)C)cc1. The van der Waals surface area contributed by atoms with Crippen molar-refractivity contribution in [2.75, 3.05) is 11.9 Å². The van der Waals surface area contributed by atoms with Crippen LogP contribution in [-0.4, -0.2) is 18.4 Å². The Labute approximate surface area is 161 Å². The number of nitrogens with one attached hydrogen (secondary N) is 1. The Bertz CT molecular complexity index is 752. The van der Waals surface area contributed by atoms with E-state index in [0.29, 0.717) is 23.7 Å². The molecule has 0 aliphatic carbocycles. The van der Waals surface area contributed by atoms with Gasteiger partial charge in [0.15, 0.2) is 6.54 Å². The predicted molar refractivity (Wildman–Crippen MR) is 108 cm³/mol. The molecule has 1 atom stereocenters. The fourth-order valence-corrected chi connectivity index (χ4v) is 3.15. The van der Waals surface area contributed by atoms with Crippen LogP contribution in [0.1, 0.15) is 54.7 Å². The van der Waals surface area contributed by atoms with Gasteiger partial charge in [-0.15, -0.1) is 0 Å². The van der Waals surface area contributed by atoms with E-state index in [1.807, 2.05) is 0 Å². The number of rotatable bonds is 9. The number of anilines is 1. The molecule has 144 valence electrons. The van der Waals surface area contributed by atoms with E-state index in [0.717, 1.165) is 12.8 Å². The lowest BCUT2D eigenvalue weighted by Gasteiger charge is -2.20. The quantitative estimate of drug-likeness (QED) is 0.635. The summed E-state index contributed by atoms with van der Waals surface area (Å²) < 4.78 is 0. The van der Waals surface area contributed by atoms with Gasteiger partial charge in [-0.05, 0) is 36.2 Å². The Kier molecular flexibility index (Phi) is 7.55. The summed E-state index contributed by atoms with van der Waals surface area (Å²) in [5, 5.41) is 4.93. The Morgan fingerprint density at radius 3 is 2.19 bits per heavy atom. The van der Waals surface area contributed by atoms with Crippen LogP contribution in [0.25, 0.3) is 0 Å². The minimum Gasteiger partial charge on any atom is -0.366 e. The van der Waals surface area contributed by atoms with Gasteiger partial charge in [-0.25, -0.2) is 0 Å². The Morgan fingerprint density at radius 2 is 1.67 bits per heavy atom. The zero-order valence-corrected chi connectivity index (χ0v) is 16.4. The molecule has 2 aromatic rings. The molecule has 5 nitrogen and oxygen atoms in total. The van der Waals surface area contributed by atoms with Gasteiger partial charge in [0.05, 0.1) is 0 Å². The van der Waals surface area contributed by atoms with Gasteiger partial charge in [0.2, 0.25) is 5.91 Å². The average Bonchev–Trinajstić information content (AvgIpc) is 2.63. The summed E-state index contributed by atoms with van der Waals surface area (Å²) in [7, 11) is 0. The summed E-state index contributed by atoms with van der Waals surface area (Å²) >= 11 is 0. The van der Waals surface area contributed by atoms with Gasteiger partial charge in [-0.1, -0.05) is 51.5 Å². The standard InChI is InChI=1S/C22H29N3O2/c1-4-5-16-6-8-17(9-7-16)21(15(2)3)24-14-20(26)25-19-12-10-18(11-13-19)22(23)27/h6-13,15,21,24H,4-5,14H2,1-3H3,(H2,23,27)(H,25,26)/p+1/t21-/m0/s1. The molecule has 2 amide bonds. The number of benzene rings is 2. The number of carbonyl (C=O) groups excluding carboxylic acids is 2. The monoisotopic (exact) mass is 368 g/mol. The molecule has 5 N–H and O–H groups in total. The smallest absolute Gasteiger partial charge is 0.279 e. The third-order valence-corrected chi connectivity index (χ3v) is 4.63. The van der Waals surface area contributed by atoms with E-state index in [4.69, 9.17) is 5.73 Å². The number of aryl methyl sites for hydroxylation is 1. The fourth-order valence-electron chi connectivity index (χ4n) is 3.15. The zero-order chi connectivity index (χ0) is 19.8. The van der Waals surface area contributed by atoms with E-state index < -0.39 is 5.91 Å². The van der Waals surface area contributed by atoms with Crippen LogP contribution in [0.5, 0.6) is 0 Å². The lowest BCUT2D eigenvalue weighted by Crippen LogP contribution is -2.88. The third kappa shape index (κ3) is 6.22. The van der Waals surface area contributed by atoms with Crippen LogP contribution in [0.3, 0.4) is 0 Å². The lowest BCUT2D eigenvalue weighted by atomic mass is 9.94. The first-order valence-electron chi connectivity index (χ1n) is 9.52. The summed E-state index contributed by atoms with van der Waals surface area (Å²) in [5.74, 6) is -0.148. The van der Waals surface area contributed by atoms with E-state index in [1.54, 1.807) is 24.3 Å². The predicted octanol–water partition coefficient (Wildman–Crippen LogP) is 2.64. The van der Waals surface area contributed by atoms with Gasteiger partial charge in [0.25, 0.3) is 5.91 Å². The van der Waals surface area contributed by atoms with Gasteiger partial charge in [-0.3, -0.25) is 9.59 Å². The summed E-state index contributed by atoms with van der Waals surface area (Å²) in [5.41, 5.74) is 8.89. The van der Waals surface area contributed by atoms with Crippen molar-refractivity contribution >= 4 is 17.5 Å².